The van der Waals surface area contributed by atoms with E-state index in [2.05, 4.69) is 30.9 Å². The smallest absolute Gasteiger partial charge is 0.264 e. The zero-order valence-corrected chi connectivity index (χ0v) is 21.1. The molecule has 184 valence electrons. The maximum Gasteiger partial charge on any atom is 0.264 e. The van der Waals surface area contributed by atoms with Gasteiger partial charge in [0.2, 0.25) is 5.91 Å². The van der Waals surface area contributed by atoms with Crippen molar-refractivity contribution in [2.75, 3.05) is 41.9 Å². The number of aryl methyl sites for hydroxylation is 2. The molecule has 0 aromatic heterocycles. The molecule has 3 aromatic carbocycles. The Bertz CT molecular complexity index is 1300. The third kappa shape index (κ3) is 5.32. The summed E-state index contributed by atoms with van der Waals surface area (Å²) in [6.45, 7) is 8.01. The predicted molar refractivity (Wildman–Crippen MR) is 137 cm³/mol. The van der Waals surface area contributed by atoms with E-state index in [1.165, 1.54) is 47.5 Å². The van der Waals surface area contributed by atoms with Crippen molar-refractivity contribution in [3.05, 3.63) is 89.2 Å². The number of piperazine rings is 1. The highest BCUT2D eigenvalue weighted by Crippen LogP contribution is 2.26. The Balaban J connectivity index is 1.53. The lowest BCUT2D eigenvalue weighted by Gasteiger charge is -2.38. The summed E-state index contributed by atoms with van der Waals surface area (Å²) < 4.78 is 41.6. The van der Waals surface area contributed by atoms with Crippen LogP contribution in [-0.4, -0.2) is 51.9 Å². The quantitative estimate of drug-likeness (QED) is 0.512. The molecule has 35 heavy (non-hydrogen) atoms. The van der Waals surface area contributed by atoms with Crippen molar-refractivity contribution >= 4 is 27.3 Å². The molecule has 0 spiro atoms. The number of sulfonamides is 1. The second-order valence-electron chi connectivity index (χ2n) is 8.89. The fourth-order valence-corrected chi connectivity index (χ4v) is 5.67. The fraction of sp³-hybridized carbons (Fsp3) is 0.296. The average Bonchev–Trinajstić information content (AvgIpc) is 2.85. The summed E-state index contributed by atoms with van der Waals surface area (Å²) in [5.74, 6) is -0.763. The lowest BCUT2D eigenvalue weighted by molar-refractivity contribution is -0.129. The molecule has 4 rings (SSSR count). The molecule has 0 bridgehead atoms. The lowest BCUT2D eigenvalue weighted by Crippen LogP contribution is -2.52. The number of hydrogen-bond acceptors (Lipinski definition) is 4. The topological polar surface area (TPSA) is 60.9 Å². The molecule has 1 amide bonds. The number of anilines is 2. The Hall–Kier alpha value is -3.39. The van der Waals surface area contributed by atoms with Crippen LogP contribution in [0.3, 0.4) is 0 Å². The van der Waals surface area contributed by atoms with E-state index in [1.807, 2.05) is 13.0 Å². The summed E-state index contributed by atoms with van der Waals surface area (Å²) in [6.07, 6.45) is 0. The molecule has 0 radical (unpaired) electrons. The third-order valence-electron chi connectivity index (χ3n) is 6.55. The van der Waals surface area contributed by atoms with E-state index in [9.17, 15) is 17.6 Å². The molecule has 0 unspecified atom stereocenters. The lowest BCUT2D eigenvalue weighted by atomic mass is 10.1. The number of hydrogen-bond donors (Lipinski definition) is 0. The van der Waals surface area contributed by atoms with Crippen molar-refractivity contribution in [3.63, 3.8) is 0 Å². The van der Waals surface area contributed by atoms with Gasteiger partial charge in [-0.3, -0.25) is 9.10 Å². The molecule has 3 aromatic rings. The normalized spacial score (nSPS) is 14.2. The van der Waals surface area contributed by atoms with Crippen LogP contribution in [0.25, 0.3) is 0 Å². The minimum atomic E-state index is -4.03. The number of rotatable bonds is 6. The van der Waals surface area contributed by atoms with Gasteiger partial charge in [-0.2, -0.15) is 0 Å². The average molecular weight is 496 g/mol. The number of carbonyl (C=O) groups excluding carboxylic acids is 1. The van der Waals surface area contributed by atoms with E-state index in [0.717, 1.165) is 15.6 Å². The summed E-state index contributed by atoms with van der Waals surface area (Å²) in [7, 11) is -4.03. The van der Waals surface area contributed by atoms with Crippen LogP contribution in [0, 0.1) is 26.6 Å². The molecule has 0 saturated carbocycles. The van der Waals surface area contributed by atoms with Gasteiger partial charge in [0.25, 0.3) is 10.0 Å². The second-order valence-corrected chi connectivity index (χ2v) is 10.8. The first-order valence-corrected chi connectivity index (χ1v) is 13.0. The van der Waals surface area contributed by atoms with Crippen molar-refractivity contribution in [1.82, 2.24) is 4.90 Å². The molecule has 0 atom stereocenters. The summed E-state index contributed by atoms with van der Waals surface area (Å²) in [5, 5.41) is 0. The Kier molecular flexibility index (Phi) is 7.12. The molecule has 1 fully saturated rings. The molecule has 6 nitrogen and oxygen atoms in total. The molecule has 0 N–H and O–H groups in total. The highest BCUT2D eigenvalue weighted by molar-refractivity contribution is 7.92. The van der Waals surface area contributed by atoms with Gasteiger partial charge in [-0.05, 0) is 74.4 Å². The molecule has 1 heterocycles. The molecule has 0 aliphatic carbocycles. The number of nitrogens with zero attached hydrogens (tertiary/aromatic N) is 3. The van der Waals surface area contributed by atoms with Gasteiger partial charge in [-0.25, -0.2) is 12.8 Å². The molecular weight excluding hydrogens is 465 g/mol. The summed E-state index contributed by atoms with van der Waals surface area (Å²) in [6, 6.07) is 17.8. The molecule has 8 heteroatoms. The van der Waals surface area contributed by atoms with Crippen LogP contribution in [-0.2, 0) is 14.8 Å². The van der Waals surface area contributed by atoms with Gasteiger partial charge in [0.15, 0.2) is 0 Å². The summed E-state index contributed by atoms with van der Waals surface area (Å²) >= 11 is 0. The number of amides is 1. The van der Waals surface area contributed by atoms with Crippen molar-refractivity contribution in [2.45, 2.75) is 25.7 Å². The first kappa shape index (κ1) is 24.7. The van der Waals surface area contributed by atoms with Crippen molar-refractivity contribution < 1.29 is 17.6 Å². The highest BCUT2D eigenvalue weighted by Gasteiger charge is 2.30. The van der Waals surface area contributed by atoms with E-state index in [1.54, 1.807) is 17.0 Å². The largest absolute Gasteiger partial charge is 0.368 e. The Labute approximate surface area is 206 Å². The van der Waals surface area contributed by atoms with Gasteiger partial charge < -0.3 is 9.80 Å². The maximum atomic E-state index is 13.5. The summed E-state index contributed by atoms with van der Waals surface area (Å²) in [4.78, 5) is 17.3. The van der Waals surface area contributed by atoms with Crippen LogP contribution in [0.2, 0.25) is 0 Å². The van der Waals surface area contributed by atoms with E-state index in [4.69, 9.17) is 0 Å². The molecular formula is C27H30FN3O3S. The molecule has 1 saturated heterocycles. The van der Waals surface area contributed by atoms with Crippen LogP contribution in [0.15, 0.2) is 71.6 Å². The van der Waals surface area contributed by atoms with Gasteiger partial charge in [0.05, 0.1) is 10.6 Å². The zero-order chi connectivity index (χ0) is 25.2. The number of carbonyl (C=O) groups is 1. The molecule has 1 aliphatic rings. The van der Waals surface area contributed by atoms with E-state index in [0.29, 0.717) is 26.2 Å². The van der Waals surface area contributed by atoms with Crippen LogP contribution in [0.5, 0.6) is 0 Å². The number of benzene rings is 3. The Morgan fingerprint density at radius 3 is 2.14 bits per heavy atom. The third-order valence-corrected chi connectivity index (χ3v) is 8.34. The molecule has 1 aliphatic heterocycles. The standard InChI is InChI=1S/C27H30FN3O3S/c1-20-7-13-25(14-8-20)35(33,34)31(24-11-9-23(28)10-12-24)19-27(32)30-17-15-29(16-18-30)26-6-4-5-21(2)22(26)3/h4-14H,15-19H2,1-3H3. The first-order valence-electron chi connectivity index (χ1n) is 11.6. The number of halogens is 1. The van der Waals surface area contributed by atoms with Gasteiger partial charge in [0.1, 0.15) is 12.4 Å². The van der Waals surface area contributed by atoms with Gasteiger partial charge in [0, 0.05) is 31.9 Å². The summed E-state index contributed by atoms with van der Waals surface area (Å²) in [5.41, 5.74) is 4.77. The van der Waals surface area contributed by atoms with Crippen LogP contribution < -0.4 is 9.21 Å². The fourth-order valence-electron chi connectivity index (χ4n) is 4.26. The van der Waals surface area contributed by atoms with Gasteiger partial charge in [-0.15, -0.1) is 0 Å². The minimum absolute atomic E-state index is 0.0833. The van der Waals surface area contributed by atoms with Crippen LogP contribution in [0.4, 0.5) is 15.8 Å². The van der Waals surface area contributed by atoms with E-state index < -0.39 is 15.8 Å². The maximum absolute atomic E-state index is 13.5. The second kappa shape index (κ2) is 10.1. The Morgan fingerprint density at radius 2 is 1.51 bits per heavy atom. The van der Waals surface area contributed by atoms with E-state index >= 15 is 0 Å². The van der Waals surface area contributed by atoms with Crippen molar-refractivity contribution in [3.8, 4) is 0 Å². The highest BCUT2D eigenvalue weighted by atomic mass is 32.2. The van der Waals surface area contributed by atoms with Gasteiger partial charge in [-0.1, -0.05) is 29.8 Å². The van der Waals surface area contributed by atoms with Crippen molar-refractivity contribution in [1.29, 1.82) is 0 Å². The Morgan fingerprint density at radius 1 is 0.886 bits per heavy atom. The van der Waals surface area contributed by atoms with Crippen LogP contribution in [0.1, 0.15) is 16.7 Å². The predicted octanol–water partition coefficient (Wildman–Crippen LogP) is 4.30. The van der Waals surface area contributed by atoms with E-state index in [-0.39, 0.29) is 23.0 Å². The van der Waals surface area contributed by atoms with Crippen LogP contribution >= 0.6 is 0 Å². The monoisotopic (exact) mass is 495 g/mol. The minimum Gasteiger partial charge on any atom is -0.368 e. The first-order chi connectivity index (χ1) is 16.7. The van der Waals surface area contributed by atoms with Crippen molar-refractivity contribution in [2.24, 2.45) is 0 Å². The zero-order valence-electron chi connectivity index (χ0n) is 20.2. The SMILES string of the molecule is Cc1ccc(S(=O)(=O)N(CC(=O)N2CCN(c3cccc(C)c3C)CC2)c2ccc(F)cc2)cc1. The van der Waals surface area contributed by atoms with Gasteiger partial charge >= 0.3 is 0 Å².